The highest BCUT2D eigenvalue weighted by Crippen LogP contribution is 2.27. The van der Waals surface area contributed by atoms with Crippen molar-refractivity contribution in [1.82, 2.24) is 29.9 Å². The molecule has 0 bridgehead atoms. The lowest BCUT2D eigenvalue weighted by Crippen LogP contribution is -2.40. The van der Waals surface area contributed by atoms with Gasteiger partial charge in [-0.15, -0.1) is 5.10 Å². The molecule has 0 unspecified atom stereocenters. The van der Waals surface area contributed by atoms with Crippen LogP contribution in [0.2, 0.25) is 0 Å². The quantitative estimate of drug-likeness (QED) is 0.762. The van der Waals surface area contributed by atoms with Crippen molar-refractivity contribution in [2.45, 2.75) is 27.2 Å². The van der Waals surface area contributed by atoms with Crippen molar-refractivity contribution in [3.63, 3.8) is 0 Å². The van der Waals surface area contributed by atoms with E-state index in [1.165, 1.54) is 0 Å². The van der Waals surface area contributed by atoms with E-state index in [4.69, 9.17) is 4.74 Å². The van der Waals surface area contributed by atoms with Gasteiger partial charge < -0.3 is 15.0 Å². The molecule has 1 aliphatic rings. The Morgan fingerprint density at radius 3 is 2.76 bits per heavy atom. The molecule has 0 radical (unpaired) electrons. The van der Waals surface area contributed by atoms with Gasteiger partial charge in [0.2, 0.25) is 11.8 Å². The van der Waals surface area contributed by atoms with Gasteiger partial charge in [-0.05, 0) is 38.8 Å². The van der Waals surface area contributed by atoms with E-state index >= 15 is 0 Å². The van der Waals surface area contributed by atoms with Gasteiger partial charge in [-0.1, -0.05) is 0 Å². The van der Waals surface area contributed by atoms with Crippen LogP contribution in [0, 0.1) is 13.8 Å². The Labute approximate surface area is 171 Å². The van der Waals surface area contributed by atoms with Crippen molar-refractivity contribution in [2.24, 2.45) is 7.05 Å². The maximum Gasteiger partial charge on any atom is 0.260 e. The van der Waals surface area contributed by atoms with Crippen LogP contribution in [0.15, 0.2) is 6.07 Å². The molecule has 3 heterocycles. The molecular weight excluding hydrogens is 372 g/mol. The van der Waals surface area contributed by atoms with Crippen LogP contribution < -0.4 is 10.1 Å². The highest BCUT2D eigenvalue weighted by Gasteiger charge is 2.22. The van der Waals surface area contributed by atoms with Crippen molar-refractivity contribution < 1.29 is 14.3 Å². The second kappa shape index (κ2) is 9.21. The zero-order valence-electron chi connectivity index (χ0n) is 17.7. The molecule has 0 aliphatic carbocycles. The number of ether oxygens (including phenoxy) is 1. The molecule has 29 heavy (non-hydrogen) atoms. The fourth-order valence-electron chi connectivity index (χ4n) is 3.71. The third kappa shape index (κ3) is 5.03. The highest BCUT2D eigenvalue weighted by atomic mass is 16.5. The predicted molar refractivity (Wildman–Crippen MR) is 110 cm³/mol. The van der Waals surface area contributed by atoms with Crippen LogP contribution in [0.1, 0.15) is 24.6 Å². The standard InChI is InChI=1S/C20H30N6O3/c1-5-21-16(27)12-25-7-6-8-26(10-9-25)17(28)13-29-20-18-14(2)11-15(3)22-19(18)24(4)23-20/h11H,5-10,12-13H2,1-4H3,(H,21,27). The van der Waals surface area contributed by atoms with E-state index in [1.54, 1.807) is 9.58 Å². The minimum Gasteiger partial charge on any atom is -0.466 e. The van der Waals surface area contributed by atoms with Crippen molar-refractivity contribution in [3.05, 3.63) is 17.3 Å². The van der Waals surface area contributed by atoms with Gasteiger partial charge >= 0.3 is 0 Å². The summed E-state index contributed by atoms with van der Waals surface area (Å²) in [6.07, 6.45) is 0.833. The second-order valence-corrected chi connectivity index (χ2v) is 7.46. The molecule has 0 saturated carbocycles. The number of carbonyl (C=O) groups excluding carboxylic acids is 2. The Bertz CT molecular complexity index is 894. The summed E-state index contributed by atoms with van der Waals surface area (Å²) in [5, 5.41) is 8.06. The Balaban J connectivity index is 1.59. The summed E-state index contributed by atoms with van der Waals surface area (Å²) < 4.78 is 7.48. The molecular formula is C20H30N6O3. The molecule has 0 atom stereocenters. The van der Waals surface area contributed by atoms with Gasteiger partial charge in [0.1, 0.15) is 0 Å². The molecule has 1 aliphatic heterocycles. The van der Waals surface area contributed by atoms with Crippen LogP contribution >= 0.6 is 0 Å². The average molecular weight is 402 g/mol. The lowest BCUT2D eigenvalue weighted by Gasteiger charge is -2.21. The molecule has 1 N–H and O–H groups in total. The van der Waals surface area contributed by atoms with Crippen LogP contribution in [0.5, 0.6) is 5.88 Å². The minimum absolute atomic E-state index is 0.0249. The van der Waals surface area contributed by atoms with E-state index in [-0.39, 0.29) is 18.4 Å². The van der Waals surface area contributed by atoms with Crippen molar-refractivity contribution in [3.8, 4) is 5.88 Å². The summed E-state index contributed by atoms with van der Waals surface area (Å²) in [7, 11) is 1.82. The van der Waals surface area contributed by atoms with E-state index in [1.807, 2.05) is 33.9 Å². The number of fused-ring (bicyclic) bond motifs is 1. The zero-order chi connectivity index (χ0) is 21.0. The third-order valence-electron chi connectivity index (χ3n) is 5.10. The summed E-state index contributed by atoms with van der Waals surface area (Å²) in [6.45, 7) is 9.52. The first kappa shape index (κ1) is 21.0. The molecule has 0 aromatic carbocycles. The minimum atomic E-state index is -0.0682. The molecule has 9 heteroatoms. The smallest absolute Gasteiger partial charge is 0.260 e. The van der Waals surface area contributed by atoms with Crippen LogP contribution in [0.4, 0.5) is 0 Å². The van der Waals surface area contributed by atoms with Gasteiger partial charge in [0, 0.05) is 45.5 Å². The van der Waals surface area contributed by atoms with E-state index in [0.29, 0.717) is 38.6 Å². The number of likely N-dealkylation sites (N-methyl/N-ethyl adjacent to an activating group) is 1. The van der Waals surface area contributed by atoms with Gasteiger partial charge in [0.05, 0.1) is 11.9 Å². The number of amides is 2. The fraction of sp³-hybridized carbons (Fsp3) is 0.600. The lowest BCUT2D eigenvalue weighted by atomic mass is 10.2. The lowest BCUT2D eigenvalue weighted by molar-refractivity contribution is -0.133. The van der Waals surface area contributed by atoms with Gasteiger partial charge in [0.15, 0.2) is 12.3 Å². The SMILES string of the molecule is CCNC(=O)CN1CCCN(C(=O)COc2nn(C)c3nc(C)cc(C)c23)CC1. The first-order chi connectivity index (χ1) is 13.9. The van der Waals surface area contributed by atoms with Gasteiger partial charge in [0.25, 0.3) is 5.91 Å². The number of aromatic nitrogens is 3. The van der Waals surface area contributed by atoms with E-state index in [2.05, 4.69) is 20.3 Å². The number of carbonyl (C=O) groups is 2. The number of hydrogen-bond acceptors (Lipinski definition) is 6. The van der Waals surface area contributed by atoms with E-state index < -0.39 is 0 Å². The number of aryl methyl sites for hydroxylation is 3. The largest absolute Gasteiger partial charge is 0.466 e. The Morgan fingerprint density at radius 1 is 1.21 bits per heavy atom. The average Bonchev–Trinajstić information content (AvgIpc) is 2.83. The topological polar surface area (TPSA) is 92.6 Å². The molecule has 3 rings (SSSR count). The highest BCUT2D eigenvalue weighted by molar-refractivity contribution is 5.85. The van der Waals surface area contributed by atoms with Crippen molar-refractivity contribution in [1.29, 1.82) is 0 Å². The first-order valence-corrected chi connectivity index (χ1v) is 10.1. The van der Waals surface area contributed by atoms with Crippen LogP contribution in [-0.4, -0.2) is 82.3 Å². The number of pyridine rings is 1. The monoisotopic (exact) mass is 402 g/mol. The summed E-state index contributed by atoms with van der Waals surface area (Å²) in [5.41, 5.74) is 2.70. The second-order valence-electron chi connectivity index (χ2n) is 7.46. The van der Waals surface area contributed by atoms with Gasteiger partial charge in [-0.3, -0.25) is 14.5 Å². The van der Waals surface area contributed by atoms with Gasteiger partial charge in [-0.25, -0.2) is 9.67 Å². The van der Waals surface area contributed by atoms with Crippen LogP contribution in [0.25, 0.3) is 11.0 Å². The normalized spacial score (nSPS) is 15.4. The molecule has 0 spiro atoms. The summed E-state index contributed by atoms with van der Waals surface area (Å²) in [5.74, 6) is 0.395. The van der Waals surface area contributed by atoms with Gasteiger partial charge in [-0.2, -0.15) is 0 Å². The molecule has 158 valence electrons. The molecule has 9 nitrogen and oxygen atoms in total. The number of nitrogens with zero attached hydrogens (tertiary/aromatic N) is 5. The van der Waals surface area contributed by atoms with E-state index in [0.717, 1.165) is 35.3 Å². The van der Waals surface area contributed by atoms with E-state index in [9.17, 15) is 9.59 Å². The molecule has 2 aromatic rings. The Morgan fingerprint density at radius 2 is 2.00 bits per heavy atom. The van der Waals surface area contributed by atoms with Crippen molar-refractivity contribution in [2.75, 3.05) is 45.9 Å². The summed E-state index contributed by atoms with van der Waals surface area (Å²) in [6, 6.07) is 1.98. The Hall–Kier alpha value is -2.68. The first-order valence-electron chi connectivity index (χ1n) is 10.1. The maximum atomic E-state index is 12.7. The Kier molecular flexibility index (Phi) is 6.68. The zero-order valence-corrected chi connectivity index (χ0v) is 17.7. The molecule has 2 amide bonds. The number of hydrogen-bond donors (Lipinski definition) is 1. The predicted octanol–water partition coefficient (Wildman–Crippen LogP) is 0.634. The van der Waals surface area contributed by atoms with Crippen LogP contribution in [0.3, 0.4) is 0 Å². The summed E-state index contributed by atoms with van der Waals surface area (Å²) >= 11 is 0. The van der Waals surface area contributed by atoms with Crippen LogP contribution in [-0.2, 0) is 16.6 Å². The maximum absolute atomic E-state index is 12.7. The fourth-order valence-corrected chi connectivity index (χ4v) is 3.71. The number of rotatable bonds is 6. The summed E-state index contributed by atoms with van der Waals surface area (Å²) in [4.78, 5) is 32.9. The molecule has 1 saturated heterocycles. The molecule has 2 aromatic heterocycles. The molecule has 1 fully saturated rings. The number of nitrogens with one attached hydrogen (secondary N) is 1. The third-order valence-corrected chi connectivity index (χ3v) is 5.10. The van der Waals surface area contributed by atoms with Crippen molar-refractivity contribution >= 4 is 22.8 Å².